The van der Waals surface area contributed by atoms with Gasteiger partial charge < -0.3 is 20.4 Å². The third-order valence-electron chi connectivity index (χ3n) is 14.3. The third kappa shape index (κ3) is 5.48. The van der Waals surface area contributed by atoms with Gasteiger partial charge in [-0.2, -0.15) is 0 Å². The summed E-state index contributed by atoms with van der Waals surface area (Å²) < 4.78 is 0. The largest absolute Gasteiger partial charge is 0.509 e. The fourth-order valence-electron chi connectivity index (χ4n) is 9.46. The van der Waals surface area contributed by atoms with Gasteiger partial charge in [-0.15, -0.1) is 16.4 Å². The van der Waals surface area contributed by atoms with E-state index in [2.05, 4.69) is 78.5 Å². The molecule has 7 aromatic rings. The summed E-state index contributed by atoms with van der Waals surface area (Å²) in [6, 6.07) is 0. The molecular formula is C33H38B17N3O4. The van der Waals surface area contributed by atoms with E-state index in [0.29, 0.717) is 22.6 Å². The highest BCUT2D eigenvalue weighted by molar-refractivity contribution is 6.71. The molecule has 0 bridgehead atoms. The number of benzene rings is 6. The molecule has 7 rings (SSSR count). The Morgan fingerprint density at radius 1 is 0.211 bits per heavy atom. The fraction of sp³-hybridized carbons (Fsp3) is 0. The number of rotatable bonds is 3. The molecule has 260 valence electrons. The van der Waals surface area contributed by atoms with Gasteiger partial charge in [-0.1, -0.05) is 71.0 Å². The molecule has 7 nitrogen and oxygen atoms in total. The molecule has 0 spiro atoms. The molecule has 24 heteroatoms. The fourth-order valence-corrected chi connectivity index (χ4v) is 9.46. The summed E-state index contributed by atoms with van der Waals surface area (Å²) in [6.45, 7) is 0. The number of nitrogens with zero attached hydrogens (tertiary/aromatic N) is 3. The molecule has 4 N–H and O–H groups in total. The van der Waals surface area contributed by atoms with Crippen molar-refractivity contribution < 1.29 is 20.4 Å². The zero-order valence-electron chi connectivity index (χ0n) is 36.6. The second kappa shape index (κ2) is 13.8. The van der Waals surface area contributed by atoms with Crippen molar-refractivity contribution in [2.24, 2.45) is 0 Å². The summed E-state index contributed by atoms with van der Waals surface area (Å²) in [5, 5.41) is 52.6. The van der Waals surface area contributed by atoms with Crippen LogP contribution < -0.4 is 92.9 Å². The maximum Gasteiger partial charge on any atom is 0.171 e. The third-order valence-corrected chi connectivity index (χ3v) is 14.3. The van der Waals surface area contributed by atoms with Crippen LogP contribution in [0.1, 0.15) is 0 Å². The van der Waals surface area contributed by atoms with Crippen molar-refractivity contribution in [1.82, 2.24) is 15.0 Å². The van der Waals surface area contributed by atoms with E-state index in [1.54, 1.807) is 0 Å². The molecule has 1 heterocycles. The van der Waals surface area contributed by atoms with Crippen LogP contribution in [-0.2, 0) is 0 Å². The monoisotopic (exact) mass is 727 g/mol. The first-order chi connectivity index (χ1) is 26.6. The summed E-state index contributed by atoms with van der Waals surface area (Å²) in [6.07, 6.45) is 0. The van der Waals surface area contributed by atoms with Gasteiger partial charge >= 0.3 is 0 Å². The van der Waals surface area contributed by atoms with Gasteiger partial charge in [0.25, 0.3) is 0 Å². The minimum atomic E-state index is -0.0677. The van der Waals surface area contributed by atoms with Crippen LogP contribution in [0.25, 0.3) is 66.5 Å². The molecule has 0 unspecified atom stereocenters. The summed E-state index contributed by atoms with van der Waals surface area (Å²) in [5.74, 6) is 1.41. The lowest BCUT2D eigenvalue weighted by molar-refractivity contribution is 0.459. The molecule has 0 amide bonds. The molecule has 0 aliphatic rings. The van der Waals surface area contributed by atoms with Gasteiger partial charge in [0.2, 0.25) is 0 Å². The van der Waals surface area contributed by atoms with Crippen LogP contribution in [0.4, 0.5) is 0 Å². The molecule has 57 heavy (non-hydrogen) atoms. The van der Waals surface area contributed by atoms with E-state index in [1.165, 1.54) is 5.46 Å². The highest BCUT2D eigenvalue weighted by Gasteiger charge is 2.29. The zero-order chi connectivity index (χ0) is 42.2. The number of hydrogen-bond acceptors (Lipinski definition) is 7. The highest BCUT2D eigenvalue weighted by atomic mass is 16.3. The van der Waals surface area contributed by atoms with E-state index < -0.39 is 0 Å². The van der Waals surface area contributed by atoms with E-state index in [0.717, 1.165) is 120 Å². The number of phenols is 4. The van der Waals surface area contributed by atoms with Crippen LogP contribution >= 0.6 is 0 Å². The molecule has 0 radical (unpaired) electrons. The molecule has 0 fully saturated rings. The van der Waals surface area contributed by atoms with Crippen molar-refractivity contribution >= 4 is 259 Å². The number of aromatic hydroxyl groups is 4. The first-order valence-corrected chi connectivity index (χ1v) is 19.7. The summed E-state index contributed by atoms with van der Waals surface area (Å²) >= 11 is 0. The van der Waals surface area contributed by atoms with E-state index >= 15 is 0 Å². The molecule has 0 saturated heterocycles. The van der Waals surface area contributed by atoms with E-state index in [4.69, 9.17) is 15.0 Å². The van der Waals surface area contributed by atoms with Gasteiger partial charge in [-0.25, -0.2) is 15.0 Å². The Kier molecular flexibility index (Phi) is 9.81. The summed E-state index contributed by atoms with van der Waals surface area (Å²) in [4.78, 5) is 15.6. The predicted octanol–water partition coefficient (Wildman–Crippen LogP) is -22.5. The van der Waals surface area contributed by atoms with Crippen LogP contribution in [0.15, 0.2) is 0 Å². The van der Waals surface area contributed by atoms with Crippen LogP contribution in [0.3, 0.4) is 0 Å². The van der Waals surface area contributed by atoms with Gasteiger partial charge in [0.15, 0.2) is 17.5 Å². The maximum absolute atomic E-state index is 12.1. The van der Waals surface area contributed by atoms with Crippen molar-refractivity contribution in [3.8, 4) is 57.2 Å². The van der Waals surface area contributed by atoms with Gasteiger partial charge in [0.1, 0.15) is 162 Å². The quantitative estimate of drug-likeness (QED) is 0.106. The van der Waals surface area contributed by atoms with E-state index in [9.17, 15) is 20.4 Å². The number of hydrogen-bond donors (Lipinski definition) is 4. The molecule has 0 aliphatic carbocycles. The smallest absolute Gasteiger partial charge is 0.171 e. The van der Waals surface area contributed by atoms with Gasteiger partial charge in [-0.05, 0) is 32.4 Å². The minimum Gasteiger partial charge on any atom is -0.509 e. The van der Waals surface area contributed by atoms with Gasteiger partial charge in [0.05, 0.1) is 0 Å². The second-order valence-electron chi connectivity index (χ2n) is 16.7. The number of phenolic OH excluding ortho intramolecular Hbond substituents is 4. The van der Waals surface area contributed by atoms with Crippen molar-refractivity contribution in [1.29, 1.82) is 0 Å². The molecule has 0 atom stereocenters. The molecule has 0 aliphatic heterocycles. The Hall–Kier alpha value is -4.59. The van der Waals surface area contributed by atoms with Crippen molar-refractivity contribution in [2.75, 3.05) is 0 Å². The Bertz CT molecular complexity index is 2860. The van der Waals surface area contributed by atoms with Crippen LogP contribution in [0, 0.1) is 0 Å². The lowest BCUT2D eigenvalue weighted by Gasteiger charge is -2.27. The van der Waals surface area contributed by atoms with E-state index in [-0.39, 0.29) is 34.4 Å². The predicted molar refractivity (Wildman–Crippen MR) is 294 cm³/mol. The maximum atomic E-state index is 12.1. The van der Waals surface area contributed by atoms with E-state index in [1.807, 2.05) is 54.9 Å². The standard InChI is InChI=1S/C33H38B17N3O4/c34-10-1-2-3(17(41)30(57)23(47)13(2)37)5-6(27(54)24(48)20(44)12(5)36)4(1)11(35)14(38)7(10)31-51-32(8-15(39)18(42)21(45)19(43)16(8)40)53-33(52-31)9-28(55)25(49)22(46)26(50)29(9)56/h54-57H,34-50H2. The molecular weight excluding hydrogens is 686 g/mol. The summed E-state index contributed by atoms with van der Waals surface area (Å²) in [7, 11) is 34.5. The average molecular weight is 724 g/mol. The normalized spacial score (nSPS) is 11.6. The van der Waals surface area contributed by atoms with Crippen molar-refractivity contribution in [3.05, 3.63) is 0 Å². The molecule has 6 aromatic carbocycles. The molecule has 1 aromatic heterocycles. The Labute approximate surface area is 349 Å². The van der Waals surface area contributed by atoms with Crippen LogP contribution in [0.5, 0.6) is 23.0 Å². The Morgan fingerprint density at radius 2 is 0.474 bits per heavy atom. The molecule has 0 saturated carbocycles. The van der Waals surface area contributed by atoms with Crippen molar-refractivity contribution in [3.63, 3.8) is 0 Å². The summed E-state index contributed by atoms with van der Waals surface area (Å²) in [5.41, 5.74) is 17.9. The van der Waals surface area contributed by atoms with Gasteiger partial charge in [0, 0.05) is 16.5 Å². The average Bonchev–Trinajstić information content (AvgIpc) is 3.18. The minimum absolute atomic E-state index is 0.0677. The lowest BCUT2D eigenvalue weighted by Crippen LogP contribution is -2.55. The first kappa shape index (κ1) is 40.6. The van der Waals surface area contributed by atoms with Gasteiger partial charge in [-0.3, -0.25) is 0 Å². The zero-order valence-corrected chi connectivity index (χ0v) is 36.6. The Morgan fingerprint density at radius 3 is 0.965 bits per heavy atom. The number of aromatic nitrogens is 3. The van der Waals surface area contributed by atoms with Crippen molar-refractivity contribution in [2.45, 2.75) is 0 Å². The Balaban J connectivity index is 1.76. The second-order valence-corrected chi connectivity index (χ2v) is 16.7. The first-order valence-electron chi connectivity index (χ1n) is 19.7. The SMILES string of the molecule is Bc1c(B)c(B)c(-c2nc(-c3c(O)c(B)c(B)c(B)c3O)nc(-c3c(B)c(B)c4c(c3B)c3c(B)c(B)c(O)c(B)c3c3c(B)c(B)c(B)c(O)c34)n2)c(B)c1B. The lowest BCUT2D eigenvalue weighted by atomic mass is 9.60. The highest BCUT2D eigenvalue weighted by Crippen LogP contribution is 2.37. The van der Waals surface area contributed by atoms with Crippen LogP contribution in [-0.4, -0.2) is 169 Å². The topological polar surface area (TPSA) is 120 Å². The number of fused-ring (bicyclic) bond motifs is 6. The van der Waals surface area contributed by atoms with Crippen LogP contribution in [0.2, 0.25) is 0 Å².